The zero-order valence-corrected chi connectivity index (χ0v) is 10.5. The lowest BCUT2D eigenvalue weighted by molar-refractivity contribution is -0.136. The maximum absolute atomic E-state index is 12.4. The van der Waals surface area contributed by atoms with Gasteiger partial charge in [-0.05, 0) is 38.5 Å². The molecule has 4 heteroatoms. The molecule has 1 saturated carbocycles. The number of hydrogen-bond donors (Lipinski definition) is 2. The average molecular weight is 240 g/mol. The van der Waals surface area contributed by atoms with Crippen LogP contribution in [0.2, 0.25) is 0 Å². The zero-order valence-electron chi connectivity index (χ0n) is 10.5. The highest BCUT2D eigenvalue weighted by Gasteiger charge is 2.37. The van der Waals surface area contributed by atoms with E-state index in [9.17, 15) is 4.79 Å². The van der Waals surface area contributed by atoms with Crippen LogP contribution >= 0.6 is 0 Å². The van der Waals surface area contributed by atoms with E-state index in [0.29, 0.717) is 6.04 Å². The van der Waals surface area contributed by atoms with Crippen molar-refractivity contribution in [2.45, 2.75) is 57.0 Å². The standard InChI is InChI=1S/C13H24N2O2/c14-12-7-1-6-11(12)13(17)15-8-2-4-10(15)5-3-9-16/h10-12,16H,1-9,14H2. The molecule has 98 valence electrons. The van der Waals surface area contributed by atoms with Crippen molar-refractivity contribution in [1.82, 2.24) is 4.90 Å². The Bertz CT molecular complexity index is 270. The number of nitrogens with zero attached hydrogens (tertiary/aromatic N) is 1. The molecular weight excluding hydrogens is 216 g/mol. The van der Waals surface area contributed by atoms with Gasteiger partial charge in [0.15, 0.2) is 0 Å². The molecular formula is C13H24N2O2. The number of likely N-dealkylation sites (tertiary alicyclic amines) is 1. The monoisotopic (exact) mass is 240 g/mol. The molecule has 0 aromatic carbocycles. The third-order valence-corrected chi connectivity index (χ3v) is 4.24. The average Bonchev–Trinajstić information content (AvgIpc) is 2.94. The number of hydrogen-bond acceptors (Lipinski definition) is 3. The van der Waals surface area contributed by atoms with Crippen LogP contribution in [0.25, 0.3) is 0 Å². The van der Waals surface area contributed by atoms with Crippen molar-refractivity contribution in [2.24, 2.45) is 11.7 Å². The highest BCUT2D eigenvalue weighted by Crippen LogP contribution is 2.30. The van der Waals surface area contributed by atoms with Crippen LogP contribution in [0.4, 0.5) is 0 Å². The Kier molecular flexibility index (Phi) is 4.40. The van der Waals surface area contributed by atoms with Gasteiger partial charge >= 0.3 is 0 Å². The van der Waals surface area contributed by atoms with Crippen LogP contribution in [-0.2, 0) is 4.79 Å². The maximum Gasteiger partial charge on any atom is 0.227 e. The molecule has 0 aromatic heterocycles. The summed E-state index contributed by atoms with van der Waals surface area (Å²) in [6.45, 7) is 1.11. The molecule has 3 unspecified atom stereocenters. The summed E-state index contributed by atoms with van der Waals surface area (Å²) in [7, 11) is 0. The SMILES string of the molecule is NC1CCCC1C(=O)N1CCCC1CCCO. The number of amides is 1. The third kappa shape index (κ3) is 2.80. The molecule has 1 aliphatic heterocycles. The number of aliphatic hydroxyl groups excluding tert-OH is 1. The Morgan fingerprint density at radius 1 is 1.29 bits per heavy atom. The molecule has 4 nitrogen and oxygen atoms in total. The molecule has 1 saturated heterocycles. The minimum Gasteiger partial charge on any atom is -0.396 e. The smallest absolute Gasteiger partial charge is 0.227 e. The predicted molar refractivity (Wildman–Crippen MR) is 66.4 cm³/mol. The molecule has 3 atom stereocenters. The largest absolute Gasteiger partial charge is 0.396 e. The minimum atomic E-state index is 0.0599. The summed E-state index contributed by atoms with van der Waals surface area (Å²) in [5.41, 5.74) is 6.01. The van der Waals surface area contributed by atoms with E-state index in [-0.39, 0.29) is 24.5 Å². The van der Waals surface area contributed by atoms with Gasteiger partial charge in [0.25, 0.3) is 0 Å². The molecule has 2 aliphatic rings. The number of carbonyl (C=O) groups is 1. The fourth-order valence-corrected chi connectivity index (χ4v) is 3.26. The first-order chi connectivity index (χ1) is 8.24. The highest BCUT2D eigenvalue weighted by atomic mass is 16.3. The van der Waals surface area contributed by atoms with E-state index < -0.39 is 0 Å². The fraction of sp³-hybridized carbons (Fsp3) is 0.923. The number of aliphatic hydroxyl groups is 1. The summed E-state index contributed by atoms with van der Waals surface area (Å²) < 4.78 is 0. The van der Waals surface area contributed by atoms with Gasteiger partial charge in [-0.25, -0.2) is 0 Å². The molecule has 2 fully saturated rings. The number of nitrogens with two attached hydrogens (primary N) is 1. The molecule has 1 heterocycles. The van der Waals surface area contributed by atoms with Gasteiger partial charge in [0.2, 0.25) is 5.91 Å². The fourth-order valence-electron chi connectivity index (χ4n) is 3.26. The van der Waals surface area contributed by atoms with E-state index in [1.165, 1.54) is 0 Å². The summed E-state index contributed by atoms with van der Waals surface area (Å²) in [6.07, 6.45) is 6.97. The molecule has 0 spiro atoms. The van der Waals surface area contributed by atoms with Gasteiger partial charge < -0.3 is 15.7 Å². The van der Waals surface area contributed by atoms with Gasteiger partial charge in [0.05, 0.1) is 5.92 Å². The summed E-state index contributed by atoms with van der Waals surface area (Å²) in [5.74, 6) is 0.333. The lowest BCUT2D eigenvalue weighted by Crippen LogP contribution is -2.44. The molecule has 17 heavy (non-hydrogen) atoms. The molecule has 2 rings (SSSR count). The molecule has 1 amide bonds. The van der Waals surface area contributed by atoms with E-state index in [0.717, 1.165) is 51.5 Å². The Balaban J connectivity index is 1.93. The van der Waals surface area contributed by atoms with Crippen LogP contribution in [-0.4, -0.2) is 41.1 Å². The first-order valence-corrected chi connectivity index (χ1v) is 6.91. The summed E-state index contributed by atoms with van der Waals surface area (Å²) in [4.78, 5) is 14.4. The van der Waals surface area contributed by atoms with Crippen molar-refractivity contribution in [3.8, 4) is 0 Å². The molecule has 0 radical (unpaired) electrons. The van der Waals surface area contributed by atoms with Crippen molar-refractivity contribution in [3.05, 3.63) is 0 Å². The maximum atomic E-state index is 12.4. The minimum absolute atomic E-state index is 0.0599. The Morgan fingerprint density at radius 2 is 2.12 bits per heavy atom. The predicted octanol–water partition coefficient (Wildman–Crippen LogP) is 0.877. The van der Waals surface area contributed by atoms with E-state index in [4.69, 9.17) is 10.8 Å². The quantitative estimate of drug-likeness (QED) is 0.766. The van der Waals surface area contributed by atoms with E-state index in [1.807, 2.05) is 4.90 Å². The van der Waals surface area contributed by atoms with Crippen molar-refractivity contribution >= 4 is 5.91 Å². The topological polar surface area (TPSA) is 66.6 Å². The number of rotatable bonds is 4. The van der Waals surface area contributed by atoms with Gasteiger partial charge in [-0.2, -0.15) is 0 Å². The van der Waals surface area contributed by atoms with Crippen molar-refractivity contribution < 1.29 is 9.90 Å². The molecule has 0 aromatic rings. The van der Waals surface area contributed by atoms with Gasteiger partial charge in [0, 0.05) is 25.2 Å². The Labute approximate surface area is 103 Å². The molecule has 0 bridgehead atoms. The van der Waals surface area contributed by atoms with E-state index in [1.54, 1.807) is 0 Å². The summed E-state index contributed by atoms with van der Waals surface area (Å²) in [6, 6.07) is 0.420. The zero-order chi connectivity index (χ0) is 12.3. The van der Waals surface area contributed by atoms with Crippen LogP contribution < -0.4 is 5.73 Å². The van der Waals surface area contributed by atoms with Gasteiger partial charge in [-0.3, -0.25) is 4.79 Å². The second-order valence-corrected chi connectivity index (χ2v) is 5.39. The second kappa shape index (κ2) is 5.83. The van der Waals surface area contributed by atoms with Crippen LogP contribution in [0.15, 0.2) is 0 Å². The first kappa shape index (κ1) is 12.8. The van der Waals surface area contributed by atoms with Crippen LogP contribution in [0.5, 0.6) is 0 Å². The van der Waals surface area contributed by atoms with Gasteiger partial charge in [-0.15, -0.1) is 0 Å². The molecule has 1 aliphatic carbocycles. The van der Waals surface area contributed by atoms with Gasteiger partial charge in [-0.1, -0.05) is 6.42 Å². The normalized spacial score (nSPS) is 33.3. The van der Waals surface area contributed by atoms with Crippen LogP contribution in [0, 0.1) is 5.92 Å². The Morgan fingerprint density at radius 3 is 2.76 bits per heavy atom. The van der Waals surface area contributed by atoms with Crippen molar-refractivity contribution in [3.63, 3.8) is 0 Å². The van der Waals surface area contributed by atoms with E-state index >= 15 is 0 Å². The summed E-state index contributed by atoms with van der Waals surface area (Å²) >= 11 is 0. The second-order valence-electron chi connectivity index (χ2n) is 5.39. The highest BCUT2D eigenvalue weighted by molar-refractivity contribution is 5.80. The van der Waals surface area contributed by atoms with Crippen molar-refractivity contribution in [2.75, 3.05) is 13.2 Å². The van der Waals surface area contributed by atoms with Gasteiger partial charge in [0.1, 0.15) is 0 Å². The Hall–Kier alpha value is -0.610. The summed E-state index contributed by atoms with van der Waals surface area (Å²) in [5, 5.41) is 8.88. The molecule has 3 N–H and O–H groups in total. The van der Waals surface area contributed by atoms with Crippen LogP contribution in [0.1, 0.15) is 44.9 Å². The van der Waals surface area contributed by atoms with Crippen LogP contribution in [0.3, 0.4) is 0 Å². The third-order valence-electron chi connectivity index (χ3n) is 4.24. The lowest BCUT2D eigenvalue weighted by Gasteiger charge is -2.28. The lowest BCUT2D eigenvalue weighted by atomic mass is 10.0. The van der Waals surface area contributed by atoms with Crippen molar-refractivity contribution in [1.29, 1.82) is 0 Å². The number of carbonyl (C=O) groups excluding carboxylic acids is 1. The first-order valence-electron chi connectivity index (χ1n) is 6.91. The van der Waals surface area contributed by atoms with E-state index in [2.05, 4.69) is 0 Å².